The van der Waals surface area contributed by atoms with Gasteiger partial charge in [-0.15, -0.1) is 0 Å². The molecule has 1 heterocycles. The number of rotatable bonds is 1. The molecule has 1 aromatic carbocycles. The number of fused-ring (bicyclic) bond motifs is 2. The van der Waals surface area contributed by atoms with E-state index in [-0.39, 0.29) is 5.82 Å². The Morgan fingerprint density at radius 3 is 2.68 bits per heavy atom. The highest BCUT2D eigenvalue weighted by Crippen LogP contribution is 2.36. The summed E-state index contributed by atoms with van der Waals surface area (Å²) in [6, 6.07) is 4.97. The van der Waals surface area contributed by atoms with Crippen LogP contribution < -0.4 is 0 Å². The molecule has 0 aliphatic heterocycles. The van der Waals surface area contributed by atoms with Crippen LogP contribution in [0.2, 0.25) is 0 Å². The molecule has 0 spiro atoms. The summed E-state index contributed by atoms with van der Waals surface area (Å²) in [4.78, 5) is 4.50. The number of nitrogens with zero attached hydrogens (tertiary/aromatic N) is 1. The molecule has 1 aliphatic carbocycles. The van der Waals surface area contributed by atoms with Crippen molar-refractivity contribution < 1.29 is 9.50 Å². The van der Waals surface area contributed by atoms with Gasteiger partial charge in [0.1, 0.15) is 11.3 Å². The predicted octanol–water partition coefficient (Wildman–Crippen LogP) is 3.48. The molecule has 1 aromatic heterocycles. The third kappa shape index (κ3) is 2.02. The molecule has 0 saturated heterocycles. The molecule has 0 atom stereocenters. The fourth-order valence-electron chi connectivity index (χ4n) is 3.11. The first-order chi connectivity index (χ1) is 8.98. The number of hydrogen-bond acceptors (Lipinski definition) is 2. The van der Waals surface area contributed by atoms with E-state index in [1.165, 1.54) is 6.07 Å². The quantitative estimate of drug-likeness (QED) is 0.850. The fourth-order valence-corrected chi connectivity index (χ4v) is 3.11. The number of aryl methyl sites for hydroxylation is 1. The SMILES string of the molecule is CC(C)(O)c1c2c(nc3c(F)cccc13)CCCC2. The molecule has 0 amide bonds. The first kappa shape index (κ1) is 12.5. The largest absolute Gasteiger partial charge is 0.386 e. The molecule has 0 unspecified atom stereocenters. The van der Waals surface area contributed by atoms with Crippen molar-refractivity contribution in [3.63, 3.8) is 0 Å². The van der Waals surface area contributed by atoms with Crippen molar-refractivity contribution in [3.8, 4) is 0 Å². The van der Waals surface area contributed by atoms with Gasteiger partial charge in [0.25, 0.3) is 0 Å². The second-order valence-electron chi connectivity index (χ2n) is 5.81. The zero-order chi connectivity index (χ0) is 13.6. The minimum atomic E-state index is -0.976. The predicted molar refractivity (Wildman–Crippen MR) is 73.6 cm³/mol. The number of halogens is 1. The Morgan fingerprint density at radius 2 is 1.95 bits per heavy atom. The Hall–Kier alpha value is -1.48. The van der Waals surface area contributed by atoms with E-state index in [4.69, 9.17) is 0 Å². The van der Waals surface area contributed by atoms with E-state index in [1.807, 2.05) is 6.07 Å². The third-order valence-electron chi connectivity index (χ3n) is 3.86. The molecule has 0 bridgehead atoms. The van der Waals surface area contributed by atoms with E-state index < -0.39 is 5.60 Å². The highest BCUT2D eigenvalue weighted by Gasteiger charge is 2.27. The zero-order valence-electron chi connectivity index (χ0n) is 11.3. The van der Waals surface area contributed by atoms with Gasteiger partial charge in [0, 0.05) is 11.1 Å². The van der Waals surface area contributed by atoms with E-state index in [9.17, 15) is 9.50 Å². The van der Waals surface area contributed by atoms with Crippen LogP contribution in [0.4, 0.5) is 4.39 Å². The summed E-state index contributed by atoms with van der Waals surface area (Å²) in [6.07, 6.45) is 4.00. The van der Waals surface area contributed by atoms with Crippen molar-refractivity contribution in [2.45, 2.75) is 45.1 Å². The van der Waals surface area contributed by atoms with Gasteiger partial charge < -0.3 is 5.11 Å². The molecule has 3 rings (SSSR count). The maximum absolute atomic E-state index is 14.0. The van der Waals surface area contributed by atoms with Crippen LogP contribution in [-0.2, 0) is 18.4 Å². The zero-order valence-corrected chi connectivity index (χ0v) is 11.3. The molecular weight excluding hydrogens is 241 g/mol. The van der Waals surface area contributed by atoms with Crippen LogP contribution in [0.15, 0.2) is 18.2 Å². The monoisotopic (exact) mass is 259 g/mol. The molecule has 100 valence electrons. The molecule has 0 radical (unpaired) electrons. The number of para-hydroxylation sites is 1. The van der Waals surface area contributed by atoms with Crippen LogP contribution in [0.3, 0.4) is 0 Å². The molecule has 2 nitrogen and oxygen atoms in total. The minimum Gasteiger partial charge on any atom is -0.386 e. The fraction of sp³-hybridized carbons (Fsp3) is 0.438. The van der Waals surface area contributed by atoms with Gasteiger partial charge in [0.05, 0.1) is 5.60 Å². The maximum atomic E-state index is 14.0. The Balaban J connectivity index is 2.44. The van der Waals surface area contributed by atoms with E-state index in [0.717, 1.165) is 47.9 Å². The van der Waals surface area contributed by atoms with E-state index >= 15 is 0 Å². The summed E-state index contributed by atoms with van der Waals surface area (Å²) in [5.41, 5.74) is 2.35. The van der Waals surface area contributed by atoms with Gasteiger partial charge in [-0.1, -0.05) is 12.1 Å². The van der Waals surface area contributed by atoms with Gasteiger partial charge in [0.2, 0.25) is 0 Å². The first-order valence-electron chi connectivity index (χ1n) is 6.81. The Labute approximate surface area is 112 Å². The molecule has 3 heteroatoms. The summed E-state index contributed by atoms with van der Waals surface area (Å²) >= 11 is 0. The Bertz CT molecular complexity index is 643. The first-order valence-corrected chi connectivity index (χ1v) is 6.81. The van der Waals surface area contributed by atoms with Crippen molar-refractivity contribution in [2.24, 2.45) is 0 Å². The summed E-state index contributed by atoms with van der Waals surface area (Å²) in [7, 11) is 0. The molecule has 1 N–H and O–H groups in total. The van der Waals surface area contributed by atoms with Crippen LogP contribution >= 0.6 is 0 Å². The second kappa shape index (κ2) is 4.27. The van der Waals surface area contributed by atoms with Crippen molar-refractivity contribution in [1.29, 1.82) is 0 Å². The van der Waals surface area contributed by atoms with E-state index in [1.54, 1.807) is 19.9 Å². The lowest BCUT2D eigenvalue weighted by atomic mass is 9.83. The lowest BCUT2D eigenvalue weighted by Gasteiger charge is -2.27. The van der Waals surface area contributed by atoms with Crippen molar-refractivity contribution in [2.75, 3.05) is 0 Å². The average Bonchev–Trinajstić information content (AvgIpc) is 2.35. The van der Waals surface area contributed by atoms with E-state index in [2.05, 4.69) is 4.98 Å². The highest BCUT2D eigenvalue weighted by atomic mass is 19.1. The molecular formula is C16H18FNO. The summed E-state index contributed by atoms with van der Waals surface area (Å²) < 4.78 is 14.0. The van der Waals surface area contributed by atoms with Gasteiger partial charge in [-0.2, -0.15) is 0 Å². The number of aromatic nitrogens is 1. The topological polar surface area (TPSA) is 33.1 Å². The van der Waals surface area contributed by atoms with Crippen LogP contribution in [-0.4, -0.2) is 10.1 Å². The lowest BCUT2D eigenvalue weighted by molar-refractivity contribution is 0.0789. The molecule has 19 heavy (non-hydrogen) atoms. The minimum absolute atomic E-state index is 0.309. The number of benzene rings is 1. The van der Waals surface area contributed by atoms with Crippen LogP contribution in [0.1, 0.15) is 43.5 Å². The van der Waals surface area contributed by atoms with Crippen molar-refractivity contribution in [1.82, 2.24) is 4.98 Å². The Kier molecular flexibility index (Phi) is 2.82. The third-order valence-corrected chi connectivity index (χ3v) is 3.86. The second-order valence-corrected chi connectivity index (χ2v) is 5.81. The van der Waals surface area contributed by atoms with Crippen LogP contribution in [0, 0.1) is 5.82 Å². The summed E-state index contributed by atoms with van der Waals surface area (Å²) in [5.74, 6) is -0.309. The van der Waals surface area contributed by atoms with Gasteiger partial charge in [-0.05, 0) is 56.7 Å². The van der Waals surface area contributed by atoms with Gasteiger partial charge in [0.15, 0.2) is 0 Å². The van der Waals surface area contributed by atoms with Crippen LogP contribution in [0.25, 0.3) is 10.9 Å². The number of pyridine rings is 1. The molecule has 1 aliphatic rings. The van der Waals surface area contributed by atoms with Gasteiger partial charge in [-0.3, -0.25) is 0 Å². The molecule has 0 saturated carbocycles. The molecule has 0 fully saturated rings. The van der Waals surface area contributed by atoms with Crippen LogP contribution in [0.5, 0.6) is 0 Å². The molecule has 2 aromatic rings. The summed E-state index contributed by atoms with van der Waals surface area (Å²) in [6.45, 7) is 3.53. The normalized spacial score (nSPS) is 15.6. The standard InChI is InChI=1S/C16H18FNO/c1-16(2,19)14-10-6-3-4-9-13(10)18-15-11(14)7-5-8-12(15)17/h5,7-8,19H,3-4,6,9H2,1-2H3. The maximum Gasteiger partial charge on any atom is 0.149 e. The smallest absolute Gasteiger partial charge is 0.149 e. The average molecular weight is 259 g/mol. The number of aliphatic hydroxyl groups is 1. The van der Waals surface area contributed by atoms with Gasteiger partial charge in [-0.25, -0.2) is 9.37 Å². The van der Waals surface area contributed by atoms with Gasteiger partial charge >= 0.3 is 0 Å². The van der Waals surface area contributed by atoms with E-state index in [0.29, 0.717) is 5.52 Å². The van der Waals surface area contributed by atoms with Crippen molar-refractivity contribution >= 4 is 10.9 Å². The lowest BCUT2D eigenvalue weighted by Crippen LogP contribution is -2.22. The summed E-state index contributed by atoms with van der Waals surface area (Å²) in [5, 5.41) is 11.2. The highest BCUT2D eigenvalue weighted by molar-refractivity contribution is 5.85. The number of hydrogen-bond donors (Lipinski definition) is 1. The van der Waals surface area contributed by atoms with Crippen molar-refractivity contribution in [3.05, 3.63) is 40.8 Å². The Morgan fingerprint density at radius 1 is 1.21 bits per heavy atom.